The number of para-hydroxylation sites is 2. The quantitative estimate of drug-likeness (QED) is 0.0835. The predicted octanol–water partition coefficient (Wildman–Crippen LogP) is 14.4. The van der Waals surface area contributed by atoms with E-state index in [2.05, 4.69) is 34.5 Å². The highest BCUT2D eigenvalue weighted by atomic mass is 16.5. The fourth-order valence-corrected chi connectivity index (χ4v) is 8.34. The Morgan fingerprint density at radius 2 is 0.578 bits per heavy atom. The van der Waals surface area contributed by atoms with Crippen LogP contribution in [0.3, 0.4) is 0 Å². The number of fused-ring (bicyclic) bond motifs is 4. The molecule has 8 nitrogen and oxygen atoms in total. The summed E-state index contributed by atoms with van der Waals surface area (Å²) in [6.45, 7) is 0.952. The van der Waals surface area contributed by atoms with Crippen molar-refractivity contribution in [1.29, 1.82) is 0 Å². The van der Waals surface area contributed by atoms with E-state index in [0.717, 1.165) is 65.3 Å². The molecule has 0 aliphatic rings. The van der Waals surface area contributed by atoms with Crippen LogP contribution in [0, 0.1) is 0 Å². The molecule has 0 aromatic heterocycles. The van der Waals surface area contributed by atoms with Gasteiger partial charge in [0.15, 0.2) is 0 Å². The SMILES string of the molecule is Oc1ccc2ccccc2c1-c1c(OCCOc2ccccc2N=Nc2ccccc2OCCOc2ccc3ccccc3c2-c2c(O)ccc3ccccc23)ccc2ccccc12. The Balaban J connectivity index is 0.825. The van der Waals surface area contributed by atoms with Crippen LogP contribution in [-0.4, -0.2) is 36.6 Å². The third-order valence-corrected chi connectivity index (χ3v) is 11.3. The van der Waals surface area contributed by atoms with Crippen molar-refractivity contribution in [3.63, 3.8) is 0 Å². The molecule has 10 aromatic carbocycles. The number of hydrogen-bond acceptors (Lipinski definition) is 8. The van der Waals surface area contributed by atoms with Gasteiger partial charge >= 0.3 is 0 Å². The largest absolute Gasteiger partial charge is 0.507 e. The molecule has 0 fully saturated rings. The van der Waals surface area contributed by atoms with Gasteiger partial charge in [0.05, 0.1) is 0 Å². The Labute approximate surface area is 369 Å². The van der Waals surface area contributed by atoms with Crippen LogP contribution in [-0.2, 0) is 0 Å². The molecule has 0 heterocycles. The van der Waals surface area contributed by atoms with Gasteiger partial charge in [0.25, 0.3) is 0 Å². The van der Waals surface area contributed by atoms with Crippen LogP contribution in [0.25, 0.3) is 65.3 Å². The second-order valence-electron chi connectivity index (χ2n) is 15.2. The molecule has 0 atom stereocenters. The van der Waals surface area contributed by atoms with E-state index in [1.165, 1.54) is 0 Å². The fraction of sp³-hybridized carbons (Fsp3) is 0.0714. The minimum atomic E-state index is 0.185. The van der Waals surface area contributed by atoms with Crippen molar-refractivity contribution in [3.05, 3.63) is 194 Å². The molecule has 64 heavy (non-hydrogen) atoms. The van der Waals surface area contributed by atoms with Gasteiger partial charge in [-0.25, -0.2) is 0 Å². The van der Waals surface area contributed by atoms with Crippen LogP contribution < -0.4 is 18.9 Å². The van der Waals surface area contributed by atoms with E-state index in [9.17, 15) is 10.2 Å². The molecule has 0 amide bonds. The van der Waals surface area contributed by atoms with Crippen LogP contribution in [0.1, 0.15) is 0 Å². The topological polar surface area (TPSA) is 102 Å². The number of hydrogen-bond donors (Lipinski definition) is 2. The van der Waals surface area contributed by atoms with E-state index >= 15 is 0 Å². The van der Waals surface area contributed by atoms with E-state index < -0.39 is 0 Å². The number of phenolic OH excluding ortho intramolecular Hbond substituents is 2. The maximum Gasteiger partial charge on any atom is 0.146 e. The highest BCUT2D eigenvalue weighted by Gasteiger charge is 2.20. The van der Waals surface area contributed by atoms with Gasteiger partial charge < -0.3 is 29.2 Å². The van der Waals surface area contributed by atoms with E-state index in [4.69, 9.17) is 18.9 Å². The minimum absolute atomic E-state index is 0.185. The van der Waals surface area contributed by atoms with Crippen molar-refractivity contribution >= 4 is 54.5 Å². The summed E-state index contributed by atoms with van der Waals surface area (Å²) in [5.41, 5.74) is 4.21. The maximum atomic E-state index is 11.2. The summed E-state index contributed by atoms with van der Waals surface area (Å²) in [5.74, 6) is 2.76. The molecule has 8 heteroatoms. The number of rotatable bonds is 14. The van der Waals surface area contributed by atoms with Crippen LogP contribution in [0.2, 0.25) is 0 Å². The smallest absolute Gasteiger partial charge is 0.146 e. The third kappa shape index (κ3) is 7.96. The molecule has 0 radical (unpaired) electrons. The zero-order valence-electron chi connectivity index (χ0n) is 34.7. The Morgan fingerprint density at radius 1 is 0.281 bits per heavy atom. The average Bonchev–Trinajstić information content (AvgIpc) is 3.34. The van der Waals surface area contributed by atoms with Crippen molar-refractivity contribution in [2.24, 2.45) is 10.2 Å². The molecule has 2 N–H and O–H groups in total. The van der Waals surface area contributed by atoms with Gasteiger partial charge in [-0.15, -0.1) is 10.2 Å². The van der Waals surface area contributed by atoms with Crippen LogP contribution in [0.4, 0.5) is 11.4 Å². The summed E-state index contributed by atoms with van der Waals surface area (Å²) in [7, 11) is 0. The molecular weight excluding hydrogens is 797 g/mol. The van der Waals surface area contributed by atoms with Gasteiger partial charge in [0.1, 0.15) is 72.3 Å². The highest BCUT2D eigenvalue weighted by molar-refractivity contribution is 6.11. The summed E-state index contributed by atoms with van der Waals surface area (Å²) in [4.78, 5) is 0. The summed E-state index contributed by atoms with van der Waals surface area (Å²) < 4.78 is 25.3. The molecule has 0 unspecified atom stereocenters. The van der Waals surface area contributed by atoms with E-state index in [1.807, 2.05) is 158 Å². The summed E-state index contributed by atoms with van der Waals surface area (Å²) in [5, 5.41) is 39.6. The summed E-state index contributed by atoms with van der Waals surface area (Å²) >= 11 is 0. The number of phenols is 2. The Bertz CT molecular complexity index is 3120. The number of benzene rings is 10. The van der Waals surface area contributed by atoms with Crippen molar-refractivity contribution in [1.82, 2.24) is 0 Å². The molecule has 0 saturated carbocycles. The zero-order valence-corrected chi connectivity index (χ0v) is 34.7. The Hall–Kier alpha value is -8.36. The standard InChI is InChI=1S/C56H42N2O6/c59-47-29-25-37-13-1-5-17-41(37)53(47)55-43-19-7-3-15-39(43)27-31-51(55)63-35-33-61-49-23-11-9-21-45(49)57-58-46-22-10-12-24-50(46)62-34-36-64-52-32-28-40-16-4-8-20-44(40)56(52)54-42-18-6-2-14-38(42)26-30-48(54)60/h1-32,59-60H,33-36H2. The molecular formula is C56H42N2O6. The van der Waals surface area contributed by atoms with Gasteiger partial charge in [-0.1, -0.05) is 146 Å². The van der Waals surface area contributed by atoms with Crippen LogP contribution in [0.5, 0.6) is 34.5 Å². The first-order valence-corrected chi connectivity index (χ1v) is 21.2. The first-order valence-electron chi connectivity index (χ1n) is 21.2. The Kier molecular flexibility index (Phi) is 11.1. The summed E-state index contributed by atoms with van der Waals surface area (Å²) in [6, 6.07) is 62.5. The van der Waals surface area contributed by atoms with E-state index in [-0.39, 0.29) is 37.9 Å². The first-order chi connectivity index (χ1) is 31.6. The lowest BCUT2D eigenvalue weighted by molar-refractivity contribution is 0.218. The first kappa shape index (κ1) is 39.8. The highest BCUT2D eigenvalue weighted by Crippen LogP contribution is 2.47. The lowest BCUT2D eigenvalue weighted by Gasteiger charge is -2.18. The molecule has 0 aliphatic heterocycles. The number of nitrogens with zero attached hydrogens (tertiary/aromatic N) is 2. The molecule has 0 aliphatic carbocycles. The van der Waals surface area contributed by atoms with E-state index in [1.54, 1.807) is 12.1 Å². The van der Waals surface area contributed by atoms with Crippen molar-refractivity contribution in [2.45, 2.75) is 0 Å². The maximum absolute atomic E-state index is 11.2. The Morgan fingerprint density at radius 3 is 0.969 bits per heavy atom. The van der Waals surface area contributed by atoms with Gasteiger partial charge in [-0.3, -0.25) is 0 Å². The van der Waals surface area contributed by atoms with Crippen molar-refractivity contribution in [2.75, 3.05) is 26.4 Å². The predicted molar refractivity (Wildman–Crippen MR) is 256 cm³/mol. The monoisotopic (exact) mass is 838 g/mol. The van der Waals surface area contributed by atoms with Gasteiger partial charge in [-0.2, -0.15) is 0 Å². The van der Waals surface area contributed by atoms with Gasteiger partial charge in [0.2, 0.25) is 0 Å². The number of aromatic hydroxyl groups is 2. The lowest BCUT2D eigenvalue weighted by Crippen LogP contribution is -2.10. The zero-order chi connectivity index (χ0) is 43.2. The molecule has 10 rings (SSSR count). The van der Waals surface area contributed by atoms with Crippen molar-refractivity contribution < 1.29 is 29.2 Å². The molecule has 0 spiro atoms. The third-order valence-electron chi connectivity index (χ3n) is 11.3. The fourth-order valence-electron chi connectivity index (χ4n) is 8.34. The number of ether oxygens (including phenoxy) is 4. The molecule has 312 valence electrons. The molecule has 10 aromatic rings. The van der Waals surface area contributed by atoms with Crippen molar-refractivity contribution in [3.8, 4) is 56.8 Å². The van der Waals surface area contributed by atoms with E-state index in [0.29, 0.717) is 34.4 Å². The number of azo groups is 1. The normalized spacial score (nSPS) is 11.4. The minimum Gasteiger partial charge on any atom is -0.507 e. The molecule has 0 saturated heterocycles. The average molecular weight is 839 g/mol. The lowest BCUT2D eigenvalue weighted by atomic mass is 9.92. The van der Waals surface area contributed by atoms with Gasteiger partial charge in [0, 0.05) is 22.3 Å². The second-order valence-corrected chi connectivity index (χ2v) is 15.2. The second kappa shape index (κ2) is 17.9. The molecule has 0 bridgehead atoms. The van der Waals surface area contributed by atoms with Crippen LogP contribution in [0.15, 0.2) is 204 Å². The summed E-state index contributed by atoms with van der Waals surface area (Å²) in [6.07, 6.45) is 0. The van der Waals surface area contributed by atoms with Gasteiger partial charge in [-0.05, 0) is 91.6 Å². The van der Waals surface area contributed by atoms with Crippen LogP contribution >= 0.6 is 0 Å².